The predicted molar refractivity (Wildman–Crippen MR) is 156 cm³/mol. The van der Waals surface area contributed by atoms with Crippen LogP contribution in [0.3, 0.4) is 0 Å². The van der Waals surface area contributed by atoms with Crippen molar-refractivity contribution in [3.63, 3.8) is 0 Å². The van der Waals surface area contributed by atoms with Crippen LogP contribution in [0.2, 0.25) is 0 Å². The zero-order valence-electron chi connectivity index (χ0n) is 24.8. The Labute approximate surface area is 246 Å². The van der Waals surface area contributed by atoms with Crippen molar-refractivity contribution >= 4 is 17.8 Å². The molecule has 0 spiro atoms. The molecule has 0 fully saturated rings. The Hall–Kier alpha value is -4.25. The van der Waals surface area contributed by atoms with E-state index in [1.165, 1.54) is 16.7 Å². The van der Waals surface area contributed by atoms with Crippen LogP contribution >= 0.6 is 0 Å². The van der Waals surface area contributed by atoms with Crippen LogP contribution in [0.25, 0.3) is 0 Å². The van der Waals surface area contributed by atoms with Gasteiger partial charge >= 0.3 is 11.9 Å². The first kappa shape index (κ1) is 32.3. The molecule has 42 heavy (non-hydrogen) atoms. The summed E-state index contributed by atoms with van der Waals surface area (Å²) in [5.74, 6) is 1.18. The molecule has 2 aromatic carbocycles. The molecule has 228 valence electrons. The molecule has 0 unspecified atom stereocenters. The number of likely N-dealkylation sites (N-methyl/N-ethyl adjacent to an activating group) is 1. The first-order valence-corrected chi connectivity index (χ1v) is 13.7. The van der Waals surface area contributed by atoms with Gasteiger partial charge in [0, 0.05) is 37.7 Å². The normalized spacial score (nSPS) is 15.5. The second kappa shape index (κ2) is 15.1. The number of hydrogen-bond donors (Lipinski definition) is 2. The van der Waals surface area contributed by atoms with Gasteiger partial charge in [0.25, 0.3) is 0 Å². The number of methoxy groups -OCH3 is 4. The average Bonchev–Trinajstić information content (AvgIpc) is 3.11. The van der Waals surface area contributed by atoms with Crippen molar-refractivity contribution in [3.05, 3.63) is 58.7 Å². The maximum absolute atomic E-state index is 12.9. The van der Waals surface area contributed by atoms with Crippen molar-refractivity contribution in [2.75, 3.05) is 61.7 Å². The number of carbonyl (C=O) groups is 3. The number of ether oxygens (including phenoxy) is 4. The Kier molecular flexibility index (Phi) is 11.6. The smallest absolute Gasteiger partial charge is 0.328 e. The van der Waals surface area contributed by atoms with E-state index < -0.39 is 11.9 Å². The molecule has 2 aromatic rings. The predicted octanol–water partition coefficient (Wildman–Crippen LogP) is 3.02. The number of carboxylic acids is 2. The number of nitrogens with zero attached hydrogens (tertiary/aromatic N) is 2. The zero-order valence-corrected chi connectivity index (χ0v) is 24.8. The number of rotatable bonds is 12. The number of aliphatic carboxylic acids is 2. The Balaban J connectivity index is 0.000000531. The van der Waals surface area contributed by atoms with Gasteiger partial charge in [0.15, 0.2) is 23.0 Å². The lowest BCUT2D eigenvalue weighted by Gasteiger charge is -2.34. The van der Waals surface area contributed by atoms with E-state index in [2.05, 4.69) is 24.1 Å². The Morgan fingerprint density at radius 1 is 0.881 bits per heavy atom. The molecule has 0 radical (unpaired) electrons. The van der Waals surface area contributed by atoms with Gasteiger partial charge < -0.3 is 39.0 Å². The summed E-state index contributed by atoms with van der Waals surface area (Å²) in [6, 6.07) is 8.18. The van der Waals surface area contributed by atoms with E-state index in [4.69, 9.17) is 29.2 Å². The summed E-state index contributed by atoms with van der Waals surface area (Å²) in [5, 5.41) is 15.6. The van der Waals surface area contributed by atoms with Crippen LogP contribution < -0.4 is 18.9 Å². The van der Waals surface area contributed by atoms with Crippen LogP contribution in [0.15, 0.2) is 36.4 Å². The SMILES string of the molecule is COc1cc2c(cc1OC)CC(=O)N(CCCN(C)C[C@H]1Cc3cc(OC)c(OC)cc31)CC2.O=C(O)/C=C\C(=O)O. The highest BCUT2D eigenvalue weighted by Crippen LogP contribution is 2.42. The summed E-state index contributed by atoms with van der Waals surface area (Å²) in [4.78, 5) is 36.4. The van der Waals surface area contributed by atoms with Gasteiger partial charge in [0.1, 0.15) is 0 Å². The first-order valence-electron chi connectivity index (χ1n) is 13.7. The summed E-state index contributed by atoms with van der Waals surface area (Å²) in [6.45, 7) is 3.47. The van der Waals surface area contributed by atoms with E-state index in [0.717, 1.165) is 68.3 Å². The highest BCUT2D eigenvalue weighted by molar-refractivity contribution is 5.89. The van der Waals surface area contributed by atoms with Crippen molar-refractivity contribution in [3.8, 4) is 23.0 Å². The monoisotopic (exact) mass is 584 g/mol. The minimum absolute atomic E-state index is 0.183. The van der Waals surface area contributed by atoms with E-state index in [9.17, 15) is 14.4 Å². The van der Waals surface area contributed by atoms with Crippen molar-refractivity contribution in [1.29, 1.82) is 0 Å². The van der Waals surface area contributed by atoms with E-state index in [1.807, 2.05) is 17.0 Å². The van der Waals surface area contributed by atoms with Gasteiger partial charge in [-0.1, -0.05) is 0 Å². The molecule has 0 bridgehead atoms. The molecule has 1 amide bonds. The largest absolute Gasteiger partial charge is 0.493 e. The minimum Gasteiger partial charge on any atom is -0.493 e. The van der Waals surface area contributed by atoms with Crippen molar-refractivity contribution in [1.82, 2.24) is 9.80 Å². The fraction of sp³-hybridized carbons (Fsp3) is 0.452. The molecule has 1 aliphatic heterocycles. The Bertz CT molecular complexity index is 1290. The van der Waals surface area contributed by atoms with E-state index in [1.54, 1.807) is 28.4 Å². The molecule has 1 heterocycles. The van der Waals surface area contributed by atoms with Gasteiger partial charge in [0.2, 0.25) is 5.91 Å². The van der Waals surface area contributed by atoms with Gasteiger partial charge in [-0.25, -0.2) is 9.59 Å². The molecule has 0 aromatic heterocycles. The molecule has 11 heteroatoms. The van der Waals surface area contributed by atoms with E-state index in [-0.39, 0.29) is 5.91 Å². The van der Waals surface area contributed by atoms with Gasteiger partial charge in [-0.2, -0.15) is 0 Å². The topological polar surface area (TPSA) is 135 Å². The van der Waals surface area contributed by atoms with Crippen molar-refractivity contribution in [2.24, 2.45) is 0 Å². The molecular weight excluding hydrogens is 544 g/mol. The Morgan fingerprint density at radius 2 is 1.40 bits per heavy atom. The minimum atomic E-state index is -1.26. The number of benzene rings is 2. The molecule has 0 saturated carbocycles. The van der Waals surface area contributed by atoms with Crippen LogP contribution in [0.4, 0.5) is 0 Å². The summed E-state index contributed by atoms with van der Waals surface area (Å²) in [6.07, 6.45) is 4.38. The third kappa shape index (κ3) is 8.39. The average molecular weight is 585 g/mol. The van der Waals surface area contributed by atoms with Gasteiger partial charge in [-0.3, -0.25) is 4.79 Å². The van der Waals surface area contributed by atoms with Gasteiger partial charge in [-0.15, -0.1) is 0 Å². The Morgan fingerprint density at radius 3 is 1.95 bits per heavy atom. The van der Waals surface area contributed by atoms with E-state index in [0.29, 0.717) is 30.2 Å². The highest BCUT2D eigenvalue weighted by atomic mass is 16.5. The maximum Gasteiger partial charge on any atom is 0.328 e. The summed E-state index contributed by atoms with van der Waals surface area (Å²) in [7, 11) is 8.79. The zero-order chi connectivity index (χ0) is 30.8. The summed E-state index contributed by atoms with van der Waals surface area (Å²) in [5.41, 5.74) is 4.91. The van der Waals surface area contributed by atoms with Crippen LogP contribution in [0.5, 0.6) is 23.0 Å². The molecule has 2 N–H and O–H groups in total. The van der Waals surface area contributed by atoms with Gasteiger partial charge in [-0.05, 0) is 79.4 Å². The molecule has 11 nitrogen and oxygen atoms in total. The van der Waals surface area contributed by atoms with Crippen LogP contribution in [0, 0.1) is 0 Å². The van der Waals surface area contributed by atoms with Crippen LogP contribution in [-0.2, 0) is 33.6 Å². The van der Waals surface area contributed by atoms with E-state index >= 15 is 0 Å². The highest BCUT2D eigenvalue weighted by Gasteiger charge is 2.29. The third-order valence-corrected chi connectivity index (χ3v) is 7.47. The summed E-state index contributed by atoms with van der Waals surface area (Å²) < 4.78 is 21.7. The number of carboxylic acid groups (broad SMARTS) is 2. The van der Waals surface area contributed by atoms with Gasteiger partial charge in [0.05, 0.1) is 34.9 Å². The lowest BCUT2D eigenvalue weighted by atomic mass is 9.77. The second-order valence-corrected chi connectivity index (χ2v) is 10.2. The second-order valence-electron chi connectivity index (χ2n) is 10.2. The molecular formula is C31H40N2O9. The lowest BCUT2D eigenvalue weighted by molar-refractivity contribution is -0.134. The molecule has 0 saturated heterocycles. The van der Waals surface area contributed by atoms with Crippen LogP contribution in [-0.4, -0.2) is 99.5 Å². The van der Waals surface area contributed by atoms with Crippen molar-refractivity contribution in [2.45, 2.75) is 31.6 Å². The lowest BCUT2D eigenvalue weighted by Crippen LogP contribution is -2.36. The summed E-state index contributed by atoms with van der Waals surface area (Å²) >= 11 is 0. The number of hydrogen-bond acceptors (Lipinski definition) is 8. The molecule has 2 aliphatic rings. The number of carbonyl (C=O) groups excluding carboxylic acids is 1. The molecule has 1 atom stereocenters. The standard InChI is InChI=1S/C27H36N2O5.C4H4O4/c1-28(17-21-11-20-14-25(33-4)26(34-5)16-22(20)21)8-6-9-29-10-7-18-12-23(31-2)24(32-3)13-19(18)15-27(29)30;5-3(6)1-2-4(7)8/h12-14,16,21H,6-11,15,17H2,1-5H3;1-2H,(H,5,6)(H,7,8)/b;2-1-/t21-;/m1./s1. The maximum atomic E-state index is 12.9. The fourth-order valence-corrected chi connectivity index (χ4v) is 5.29. The third-order valence-electron chi connectivity index (χ3n) is 7.47. The molecule has 4 rings (SSSR count). The fourth-order valence-electron chi connectivity index (χ4n) is 5.29. The number of fused-ring (bicyclic) bond motifs is 2. The first-order chi connectivity index (χ1) is 20.1. The number of amides is 1. The molecule has 1 aliphatic carbocycles. The van der Waals surface area contributed by atoms with Crippen molar-refractivity contribution < 1.29 is 43.5 Å². The quantitative estimate of drug-likeness (QED) is 0.359. The van der Waals surface area contributed by atoms with Crippen LogP contribution in [0.1, 0.15) is 34.6 Å².